The second-order valence-corrected chi connectivity index (χ2v) is 7.43. The molecule has 0 unspecified atom stereocenters. The lowest BCUT2D eigenvalue weighted by Gasteiger charge is -2.22. The number of carbonyl (C=O) groups is 3. The van der Waals surface area contributed by atoms with Gasteiger partial charge in [0.25, 0.3) is 5.91 Å². The van der Waals surface area contributed by atoms with E-state index in [1.807, 2.05) is 0 Å². The lowest BCUT2D eigenvalue weighted by atomic mass is 10.2. The van der Waals surface area contributed by atoms with E-state index < -0.39 is 59.2 Å². The van der Waals surface area contributed by atoms with Crippen molar-refractivity contribution < 1.29 is 41.1 Å². The maximum Gasteiger partial charge on any atom is 0.431 e. The van der Waals surface area contributed by atoms with Gasteiger partial charge in [-0.25, -0.2) is 23.4 Å². The van der Waals surface area contributed by atoms with E-state index in [4.69, 9.17) is 16.3 Å². The lowest BCUT2D eigenvalue weighted by Crippen LogP contribution is -2.36. The van der Waals surface area contributed by atoms with Gasteiger partial charge in [0.05, 0.1) is 11.6 Å². The summed E-state index contributed by atoms with van der Waals surface area (Å²) in [4.78, 5) is 40.7. The number of benzene rings is 2. The van der Waals surface area contributed by atoms with Crippen LogP contribution in [0.1, 0.15) is 10.4 Å². The number of halogens is 6. The zero-order valence-corrected chi connectivity index (χ0v) is 18.3. The van der Waals surface area contributed by atoms with E-state index in [0.717, 1.165) is 41.4 Å². The number of nitrogens with zero attached hydrogens (tertiary/aromatic N) is 2. The molecule has 0 saturated carbocycles. The molecule has 0 bridgehead atoms. The predicted molar refractivity (Wildman–Crippen MR) is 114 cm³/mol. The number of imide groups is 1. The van der Waals surface area contributed by atoms with Crippen molar-refractivity contribution >= 4 is 40.9 Å². The summed E-state index contributed by atoms with van der Waals surface area (Å²) >= 11 is 6.01. The first-order valence-electron chi connectivity index (χ1n) is 9.50. The highest BCUT2D eigenvalue weighted by Gasteiger charge is 2.38. The third-order valence-electron chi connectivity index (χ3n) is 4.34. The van der Waals surface area contributed by atoms with Gasteiger partial charge in [-0.1, -0.05) is 17.7 Å². The maximum atomic E-state index is 13.7. The van der Waals surface area contributed by atoms with Crippen molar-refractivity contribution in [2.24, 2.45) is 4.99 Å². The van der Waals surface area contributed by atoms with E-state index >= 15 is 0 Å². The summed E-state index contributed by atoms with van der Waals surface area (Å²) in [5.41, 5.74) is -2.76. The summed E-state index contributed by atoms with van der Waals surface area (Å²) in [6, 6.07) is 4.98. The molecule has 14 heteroatoms. The second-order valence-electron chi connectivity index (χ2n) is 7.03. The van der Waals surface area contributed by atoms with Crippen LogP contribution in [0.5, 0.6) is 5.75 Å². The molecule has 3 rings (SSSR count). The van der Waals surface area contributed by atoms with Crippen LogP contribution in [-0.2, 0) is 4.79 Å². The quantitative estimate of drug-likeness (QED) is 0.359. The molecular formula is C21H14ClF5N4O4. The molecule has 1 heterocycles. The van der Waals surface area contributed by atoms with E-state index in [1.54, 1.807) is 5.32 Å². The molecule has 1 aliphatic heterocycles. The number of anilines is 1. The van der Waals surface area contributed by atoms with Crippen molar-refractivity contribution in [3.05, 3.63) is 70.5 Å². The fraction of sp³-hybridized carbons (Fsp3) is 0.143. The molecule has 0 fully saturated rings. The van der Waals surface area contributed by atoms with Crippen molar-refractivity contribution in [2.75, 3.05) is 18.9 Å². The van der Waals surface area contributed by atoms with Gasteiger partial charge < -0.3 is 15.0 Å². The minimum Gasteiger partial charge on any atom is -0.420 e. The Bertz CT molecular complexity index is 1240. The Morgan fingerprint density at radius 1 is 1.11 bits per heavy atom. The average Bonchev–Trinajstić information content (AvgIpc) is 2.74. The van der Waals surface area contributed by atoms with Crippen LogP contribution in [0.2, 0.25) is 5.02 Å². The van der Waals surface area contributed by atoms with Crippen molar-refractivity contribution in [1.29, 1.82) is 0 Å². The Kier molecular flexibility index (Phi) is 7.39. The molecule has 184 valence electrons. The smallest absolute Gasteiger partial charge is 0.420 e. The first-order chi connectivity index (χ1) is 16.3. The molecule has 3 amide bonds. The van der Waals surface area contributed by atoms with Crippen molar-refractivity contribution in [3.63, 3.8) is 0 Å². The van der Waals surface area contributed by atoms with Gasteiger partial charge in [0.15, 0.2) is 5.70 Å². The topological polar surface area (TPSA) is 100 Å². The molecule has 0 aliphatic carbocycles. The molecule has 2 N–H and O–H groups in total. The second kappa shape index (κ2) is 10.1. The summed E-state index contributed by atoms with van der Waals surface area (Å²) in [5.74, 6) is -5.15. The van der Waals surface area contributed by atoms with Gasteiger partial charge in [-0.05, 0) is 30.3 Å². The normalized spacial score (nSPS) is 13.5. The third kappa shape index (κ3) is 6.32. The van der Waals surface area contributed by atoms with Crippen molar-refractivity contribution in [1.82, 2.24) is 10.2 Å². The number of nitrogens with one attached hydrogen (secondary N) is 2. The molecule has 1 aliphatic rings. The molecular weight excluding hydrogens is 503 g/mol. The number of esters is 1. The molecule has 8 nitrogen and oxygen atoms in total. The summed E-state index contributed by atoms with van der Waals surface area (Å²) in [7, 11) is 1.32. The van der Waals surface area contributed by atoms with Gasteiger partial charge in [0.1, 0.15) is 28.7 Å². The Morgan fingerprint density at radius 2 is 1.77 bits per heavy atom. The fourth-order valence-electron chi connectivity index (χ4n) is 2.81. The van der Waals surface area contributed by atoms with E-state index in [9.17, 15) is 36.3 Å². The Balaban J connectivity index is 1.67. The monoisotopic (exact) mass is 516 g/mol. The lowest BCUT2D eigenvalue weighted by molar-refractivity contribution is -0.130. The summed E-state index contributed by atoms with van der Waals surface area (Å²) < 4.78 is 71.2. The van der Waals surface area contributed by atoms with E-state index in [1.165, 1.54) is 13.1 Å². The number of urea groups is 1. The molecule has 2 aromatic rings. The van der Waals surface area contributed by atoms with Crippen molar-refractivity contribution in [2.45, 2.75) is 6.18 Å². The minimum absolute atomic E-state index is 0.0110. The Labute approximate surface area is 199 Å². The number of aliphatic imine (C=N–C) groups is 1. The predicted octanol–water partition coefficient (Wildman–Crippen LogP) is 4.28. The molecule has 0 radical (unpaired) electrons. The summed E-state index contributed by atoms with van der Waals surface area (Å²) in [5, 5.41) is 3.70. The van der Waals surface area contributed by atoms with Gasteiger partial charge in [0.2, 0.25) is 0 Å². The highest BCUT2D eigenvalue weighted by Crippen LogP contribution is 2.29. The zero-order valence-electron chi connectivity index (χ0n) is 17.5. The maximum absolute atomic E-state index is 13.7. The highest BCUT2D eigenvalue weighted by molar-refractivity contribution is 6.32. The number of hydrogen-bond donors (Lipinski definition) is 2. The third-order valence-corrected chi connectivity index (χ3v) is 4.64. The number of hydrogen-bond acceptors (Lipinski definition) is 6. The van der Waals surface area contributed by atoms with Crippen molar-refractivity contribution in [3.8, 4) is 5.75 Å². The van der Waals surface area contributed by atoms with E-state index in [0.29, 0.717) is 0 Å². The van der Waals surface area contributed by atoms with Crippen LogP contribution < -0.4 is 15.4 Å². The van der Waals surface area contributed by atoms with Crippen LogP contribution in [0.15, 0.2) is 53.3 Å². The fourth-order valence-corrected chi connectivity index (χ4v) is 3.03. The SMILES string of the molecule is CN1C=C(C(=O)Oc2ccc(NC(=O)NC(=O)c3c(F)cccc3F)cc2Cl)N=C(C(F)(F)F)C1. The van der Waals surface area contributed by atoms with E-state index in [-0.39, 0.29) is 16.5 Å². The Hall–Kier alpha value is -4.00. The first kappa shape index (κ1) is 25.6. The molecule has 0 aromatic heterocycles. The van der Waals surface area contributed by atoms with E-state index in [2.05, 4.69) is 10.3 Å². The largest absolute Gasteiger partial charge is 0.431 e. The number of carbonyl (C=O) groups excluding carboxylic acids is 3. The summed E-state index contributed by atoms with van der Waals surface area (Å²) in [6.45, 7) is -0.546. The van der Waals surface area contributed by atoms with Crippen LogP contribution in [0.3, 0.4) is 0 Å². The molecule has 0 saturated heterocycles. The standard InChI is InChI=1S/C21H14ClF5N4O4/c1-31-8-14(29-16(9-31)21(25,26)27)19(33)35-15-6-5-10(7-11(15)22)28-20(34)30-18(32)17-12(23)3-2-4-13(17)24/h2-8H,9H2,1H3,(H2,28,30,32,34). The molecule has 35 heavy (non-hydrogen) atoms. The number of ether oxygens (including phenoxy) is 1. The molecule has 0 spiro atoms. The number of rotatable bonds is 4. The van der Waals surface area contributed by atoms with Crippen LogP contribution in [0.25, 0.3) is 0 Å². The number of amides is 3. The van der Waals surface area contributed by atoms with Gasteiger partial charge >= 0.3 is 18.2 Å². The molecule has 2 aromatic carbocycles. The zero-order chi connectivity index (χ0) is 25.9. The van der Waals surface area contributed by atoms with Crippen LogP contribution >= 0.6 is 11.6 Å². The van der Waals surface area contributed by atoms with Crippen LogP contribution in [0, 0.1) is 11.6 Å². The van der Waals surface area contributed by atoms with Crippen LogP contribution in [0.4, 0.5) is 32.4 Å². The average molecular weight is 517 g/mol. The molecule has 0 atom stereocenters. The minimum atomic E-state index is -4.74. The van der Waals surface area contributed by atoms with Gasteiger partial charge in [0, 0.05) is 18.9 Å². The first-order valence-corrected chi connectivity index (χ1v) is 9.88. The van der Waals surface area contributed by atoms with Crippen LogP contribution in [-0.4, -0.2) is 48.3 Å². The number of alkyl halides is 3. The highest BCUT2D eigenvalue weighted by atomic mass is 35.5. The van der Waals surface area contributed by atoms with Gasteiger partial charge in [-0.2, -0.15) is 13.2 Å². The van der Waals surface area contributed by atoms with Gasteiger partial charge in [-0.15, -0.1) is 0 Å². The van der Waals surface area contributed by atoms with Gasteiger partial charge in [-0.3, -0.25) is 10.1 Å². The summed E-state index contributed by atoms with van der Waals surface area (Å²) in [6.07, 6.45) is -3.67. The Morgan fingerprint density at radius 3 is 2.37 bits per heavy atom.